The number of phosphoric ester groups is 1. The number of carbonyl (C=O) groups excluding carboxylic acids is 2. The molecule has 0 saturated heterocycles. The molecule has 0 rings (SSSR count). The molecule has 0 aliphatic rings. The van der Waals surface area contributed by atoms with Crippen molar-refractivity contribution in [3.05, 3.63) is 48.6 Å². The van der Waals surface area contributed by atoms with Crippen molar-refractivity contribution in [3.63, 3.8) is 0 Å². The number of esters is 2. The summed E-state index contributed by atoms with van der Waals surface area (Å²) in [5.41, 5.74) is 0. The van der Waals surface area contributed by atoms with Crippen molar-refractivity contribution in [3.8, 4) is 0 Å². The van der Waals surface area contributed by atoms with Crippen LogP contribution >= 0.6 is 7.82 Å². The lowest BCUT2D eigenvalue weighted by molar-refractivity contribution is -0.161. The first kappa shape index (κ1) is 52.0. The lowest BCUT2D eigenvalue weighted by atomic mass is 9.99. The lowest BCUT2D eigenvalue weighted by Gasteiger charge is -2.18. The number of unbranched alkanes of at least 4 members (excludes halogenated alkanes) is 14. The van der Waals surface area contributed by atoms with Gasteiger partial charge in [0.25, 0.3) is 0 Å². The molecule has 3 atom stereocenters. The summed E-state index contributed by atoms with van der Waals surface area (Å²) >= 11 is 0. The van der Waals surface area contributed by atoms with Crippen LogP contribution in [0.4, 0.5) is 0 Å². The molecule has 0 spiro atoms. The lowest BCUT2D eigenvalue weighted by Crippen LogP contribution is -2.29. The number of hydrogen-bond donors (Lipinski definition) is 3. The maximum Gasteiger partial charge on any atom is 0.469 e. The van der Waals surface area contributed by atoms with Gasteiger partial charge in [-0.2, -0.15) is 0 Å². The number of carbonyl (C=O) groups is 2. The highest BCUT2D eigenvalue weighted by Crippen LogP contribution is 2.36. The molecule has 0 saturated carbocycles. The quantitative estimate of drug-likeness (QED) is 0.0242. The van der Waals surface area contributed by atoms with Gasteiger partial charge in [-0.1, -0.05) is 166 Å². The maximum atomic E-state index is 12.4. The fraction of sp³-hybridized carbons (Fsp3) is 0.773. The van der Waals surface area contributed by atoms with E-state index in [1.165, 1.54) is 77.0 Å². The van der Waals surface area contributed by atoms with Gasteiger partial charge in [0.15, 0.2) is 6.10 Å². The van der Waals surface area contributed by atoms with E-state index in [0.717, 1.165) is 63.7 Å². The molecule has 0 heterocycles. The molecule has 0 aliphatic heterocycles. The first-order valence-corrected chi connectivity index (χ1v) is 22.9. The number of hydrogen-bond acceptors (Lipinski definition) is 7. The largest absolute Gasteiger partial charge is 0.469 e. The van der Waals surface area contributed by atoms with Crippen molar-refractivity contribution in [1.29, 1.82) is 0 Å². The Morgan fingerprint density at radius 2 is 1.04 bits per heavy atom. The summed E-state index contributed by atoms with van der Waals surface area (Å²) in [6.07, 6.45) is 42.0. The van der Waals surface area contributed by atoms with Gasteiger partial charge in [0.2, 0.25) is 0 Å². The second-order valence-electron chi connectivity index (χ2n) is 14.7. The van der Waals surface area contributed by atoms with Gasteiger partial charge in [0.05, 0.1) is 12.7 Å². The zero-order valence-electron chi connectivity index (χ0n) is 34.4. The van der Waals surface area contributed by atoms with E-state index >= 15 is 0 Å². The molecular formula is C44H79O9P. The predicted molar refractivity (Wildman–Crippen MR) is 222 cm³/mol. The Morgan fingerprint density at radius 1 is 0.574 bits per heavy atom. The third-order valence-corrected chi connectivity index (χ3v) is 10.0. The molecular weight excluding hydrogens is 703 g/mol. The molecule has 314 valence electrons. The van der Waals surface area contributed by atoms with E-state index in [4.69, 9.17) is 19.3 Å². The number of aliphatic hydroxyl groups is 1. The number of rotatable bonds is 38. The van der Waals surface area contributed by atoms with Crippen molar-refractivity contribution in [2.45, 2.75) is 200 Å². The summed E-state index contributed by atoms with van der Waals surface area (Å²) in [5.74, 6) is -0.0907. The van der Waals surface area contributed by atoms with Gasteiger partial charge in [0, 0.05) is 12.8 Å². The zero-order chi connectivity index (χ0) is 40.0. The SMILES string of the molecule is CCC(C)CCCCCCCCCCCCCCCCC(=O)O[C@H](COC(=O)CCC/C=C\C/C=C\C/C=C\C/C=C\CC[C@@H](O)CC)COP(=O)(O)O. The molecule has 3 N–H and O–H groups in total. The van der Waals surface area contributed by atoms with E-state index in [1.807, 2.05) is 19.1 Å². The minimum atomic E-state index is -4.77. The Balaban J connectivity index is 4.01. The molecule has 0 aromatic heterocycles. The summed E-state index contributed by atoms with van der Waals surface area (Å²) in [4.78, 5) is 42.8. The van der Waals surface area contributed by atoms with Crippen LogP contribution in [-0.4, -0.2) is 52.3 Å². The van der Waals surface area contributed by atoms with Crippen molar-refractivity contribution >= 4 is 19.8 Å². The van der Waals surface area contributed by atoms with E-state index in [1.54, 1.807) is 0 Å². The third kappa shape index (κ3) is 39.7. The van der Waals surface area contributed by atoms with Gasteiger partial charge < -0.3 is 24.4 Å². The molecule has 0 amide bonds. The molecule has 54 heavy (non-hydrogen) atoms. The second kappa shape index (κ2) is 37.9. The van der Waals surface area contributed by atoms with Crippen LogP contribution in [0.5, 0.6) is 0 Å². The Kier molecular flexibility index (Phi) is 36.4. The fourth-order valence-corrected chi connectivity index (χ4v) is 6.15. The van der Waals surface area contributed by atoms with Gasteiger partial charge in [-0.15, -0.1) is 0 Å². The average molecular weight is 783 g/mol. The summed E-state index contributed by atoms with van der Waals surface area (Å²) < 4.78 is 26.3. The van der Waals surface area contributed by atoms with E-state index in [-0.39, 0.29) is 25.6 Å². The first-order chi connectivity index (χ1) is 26.1. The van der Waals surface area contributed by atoms with Crippen LogP contribution in [0.2, 0.25) is 0 Å². The van der Waals surface area contributed by atoms with Gasteiger partial charge in [-0.25, -0.2) is 4.57 Å². The Morgan fingerprint density at radius 3 is 1.54 bits per heavy atom. The normalized spacial score (nSPS) is 14.1. The summed E-state index contributed by atoms with van der Waals surface area (Å²) in [6.45, 7) is 5.74. The number of allylic oxidation sites excluding steroid dienone is 8. The van der Waals surface area contributed by atoms with E-state index in [0.29, 0.717) is 19.3 Å². The maximum absolute atomic E-state index is 12.4. The van der Waals surface area contributed by atoms with Crippen LogP contribution < -0.4 is 0 Å². The monoisotopic (exact) mass is 783 g/mol. The van der Waals surface area contributed by atoms with Crippen molar-refractivity contribution < 1.29 is 43.0 Å². The topological polar surface area (TPSA) is 140 Å². The number of ether oxygens (including phenoxy) is 2. The fourth-order valence-electron chi connectivity index (χ4n) is 5.79. The van der Waals surface area contributed by atoms with Crippen molar-refractivity contribution in [2.75, 3.05) is 13.2 Å². The smallest absolute Gasteiger partial charge is 0.462 e. The third-order valence-electron chi connectivity index (χ3n) is 9.55. The van der Waals surface area contributed by atoms with Gasteiger partial charge >= 0.3 is 19.8 Å². The first-order valence-electron chi connectivity index (χ1n) is 21.4. The van der Waals surface area contributed by atoms with Crippen LogP contribution in [0.15, 0.2) is 48.6 Å². The number of phosphoric acid groups is 1. The Bertz CT molecular complexity index is 1050. The number of aliphatic hydroxyl groups excluding tert-OH is 1. The van der Waals surface area contributed by atoms with Crippen molar-refractivity contribution in [2.24, 2.45) is 5.92 Å². The molecule has 0 bridgehead atoms. The van der Waals surface area contributed by atoms with Gasteiger partial charge in [-0.3, -0.25) is 14.1 Å². The molecule has 9 nitrogen and oxygen atoms in total. The van der Waals surface area contributed by atoms with Gasteiger partial charge in [0.1, 0.15) is 6.61 Å². The molecule has 1 unspecified atom stereocenters. The summed E-state index contributed by atoms with van der Waals surface area (Å²) in [7, 11) is -4.77. The van der Waals surface area contributed by atoms with E-state index in [9.17, 15) is 19.3 Å². The Hall–Kier alpha value is -2.03. The van der Waals surface area contributed by atoms with Gasteiger partial charge in [-0.05, 0) is 63.7 Å². The minimum absolute atomic E-state index is 0.178. The molecule has 0 aromatic carbocycles. The molecule has 0 fully saturated rings. The Labute approximate surface area is 329 Å². The van der Waals surface area contributed by atoms with Crippen LogP contribution in [-0.2, 0) is 28.2 Å². The van der Waals surface area contributed by atoms with Crippen LogP contribution in [0, 0.1) is 5.92 Å². The predicted octanol–water partition coefficient (Wildman–Crippen LogP) is 12.0. The molecule has 10 heteroatoms. The molecule has 0 radical (unpaired) electrons. The van der Waals surface area contributed by atoms with Crippen LogP contribution in [0.1, 0.15) is 188 Å². The highest BCUT2D eigenvalue weighted by Gasteiger charge is 2.22. The highest BCUT2D eigenvalue weighted by molar-refractivity contribution is 7.46. The molecule has 0 aliphatic carbocycles. The standard InChI is InChI=1S/C44H79O9P/c1-4-40(3)34-30-26-22-18-14-10-6-8-13-17-21-25-29-33-37-44(47)53-42(39-52-54(48,49)50)38-51-43(46)36-32-28-24-20-16-12-9-7-11-15-19-23-27-31-35-41(45)5-2/h9,11-12,15,20,23-24,27,40-42,45H,4-8,10,13-14,16-19,21-22,25-26,28-39H2,1-3H3,(H2,48,49,50)/b12-9-,15-11-,24-20-,27-23-/t40?,41-,42+/m0/s1. The van der Waals surface area contributed by atoms with E-state index < -0.39 is 32.5 Å². The van der Waals surface area contributed by atoms with Crippen molar-refractivity contribution in [1.82, 2.24) is 0 Å². The van der Waals surface area contributed by atoms with Crippen LogP contribution in [0.3, 0.4) is 0 Å². The average Bonchev–Trinajstić information content (AvgIpc) is 3.14. The minimum Gasteiger partial charge on any atom is -0.462 e. The zero-order valence-corrected chi connectivity index (χ0v) is 35.3. The summed E-state index contributed by atoms with van der Waals surface area (Å²) in [5, 5.41) is 9.54. The van der Waals surface area contributed by atoms with E-state index in [2.05, 4.69) is 54.8 Å². The highest BCUT2D eigenvalue weighted by atomic mass is 31.2. The molecule has 0 aromatic rings. The summed E-state index contributed by atoms with van der Waals surface area (Å²) in [6, 6.07) is 0. The second-order valence-corrected chi connectivity index (χ2v) is 15.9. The van der Waals surface area contributed by atoms with Crippen LogP contribution in [0.25, 0.3) is 0 Å².